The van der Waals surface area contributed by atoms with Crippen molar-refractivity contribution < 1.29 is 52.2 Å². The Bertz CT molecular complexity index is 2010. The number of nitrogens with zero attached hydrogens (tertiary/aromatic N) is 2. The van der Waals surface area contributed by atoms with E-state index in [4.69, 9.17) is 32.9 Å². The molecule has 0 bridgehead atoms. The van der Waals surface area contributed by atoms with Gasteiger partial charge in [0, 0.05) is 25.1 Å². The Morgan fingerprint density at radius 2 is 1.56 bits per heavy atom. The number of aromatic amines is 1. The number of hydrogen-bond donors (Lipinski definition) is 1. The van der Waals surface area contributed by atoms with Crippen molar-refractivity contribution in [3.8, 4) is 11.5 Å². The number of H-pyrrole nitrogens is 1. The monoisotopic (exact) mass is 763 g/mol. The number of ether oxygens (including phenoxy) is 6. The largest absolute Gasteiger partial charge is 0.575 e. The minimum Gasteiger partial charge on any atom is -0.575 e. The highest BCUT2D eigenvalue weighted by Crippen LogP contribution is 2.35. The van der Waals surface area contributed by atoms with Crippen LogP contribution in [0.2, 0.25) is 0 Å². The molecule has 0 aliphatic carbocycles. The third kappa shape index (κ3) is 12.1. The molecule has 1 N–H and O–H groups in total. The zero-order valence-electron chi connectivity index (χ0n) is 29.1. The number of hydrogen-bond acceptors (Lipinski definition) is 14. The van der Waals surface area contributed by atoms with Crippen molar-refractivity contribution in [2.45, 2.75) is 63.9 Å². The van der Waals surface area contributed by atoms with Gasteiger partial charge in [0.2, 0.25) is 5.75 Å². The highest BCUT2D eigenvalue weighted by atomic mass is 31.1. The van der Waals surface area contributed by atoms with Crippen LogP contribution in [0.3, 0.4) is 0 Å². The lowest BCUT2D eigenvalue weighted by atomic mass is 10.2. The first-order valence-corrected chi connectivity index (χ1v) is 18.1. The van der Waals surface area contributed by atoms with Crippen molar-refractivity contribution in [3.63, 3.8) is 0 Å². The fourth-order valence-corrected chi connectivity index (χ4v) is 5.85. The third-order valence-electron chi connectivity index (χ3n) is 7.84. The van der Waals surface area contributed by atoms with Crippen molar-refractivity contribution in [2.24, 2.45) is 4.74 Å². The van der Waals surface area contributed by atoms with Crippen LogP contribution >= 0.6 is 8.17 Å². The van der Waals surface area contributed by atoms with E-state index in [2.05, 4.69) is 9.73 Å². The maximum Gasteiger partial charge on any atom is 0.508 e. The van der Waals surface area contributed by atoms with Crippen LogP contribution in [-0.2, 0) is 46.5 Å². The van der Waals surface area contributed by atoms with Crippen molar-refractivity contribution in [3.05, 3.63) is 129 Å². The van der Waals surface area contributed by atoms with Gasteiger partial charge in [0.25, 0.3) is 5.56 Å². The van der Waals surface area contributed by atoms with Gasteiger partial charge >= 0.3 is 32.0 Å². The lowest BCUT2D eigenvalue weighted by Crippen LogP contribution is -2.33. The highest BCUT2D eigenvalue weighted by molar-refractivity contribution is 7.34. The van der Waals surface area contributed by atoms with Crippen LogP contribution in [0.1, 0.15) is 43.5 Å². The number of carbonyl (C=O) groups excluding carboxylic acids is 3. The van der Waals surface area contributed by atoms with Crippen molar-refractivity contribution in [1.82, 2.24) is 9.55 Å². The van der Waals surface area contributed by atoms with E-state index in [0.717, 1.165) is 21.8 Å². The summed E-state index contributed by atoms with van der Waals surface area (Å²) in [6, 6.07) is 24.5. The van der Waals surface area contributed by atoms with Crippen LogP contribution in [0.15, 0.2) is 112 Å². The van der Waals surface area contributed by atoms with Crippen molar-refractivity contribution in [1.29, 1.82) is 0 Å². The summed E-state index contributed by atoms with van der Waals surface area (Å²) in [6.07, 6.45) is -2.20. The Kier molecular flexibility index (Phi) is 14.5. The zero-order chi connectivity index (χ0) is 38.3. The number of carbonyl (C=O) groups is 3. The first-order valence-electron chi connectivity index (χ1n) is 16.9. The fraction of sp³-hybridized carbons (Fsp3) is 0.324. The normalized spacial score (nSPS) is 17.2. The molecule has 1 aliphatic heterocycles. The predicted octanol–water partition coefficient (Wildman–Crippen LogP) is 4.32. The van der Waals surface area contributed by atoms with E-state index in [9.17, 15) is 28.9 Å². The highest BCUT2D eigenvalue weighted by Gasteiger charge is 2.40. The first kappa shape index (κ1) is 39.4. The van der Waals surface area contributed by atoms with Gasteiger partial charge in [-0.05, 0) is 36.6 Å². The summed E-state index contributed by atoms with van der Waals surface area (Å²) in [6.45, 7) is 1.22. The van der Waals surface area contributed by atoms with E-state index < -0.39 is 62.0 Å². The van der Waals surface area contributed by atoms with Gasteiger partial charge in [-0.15, -0.1) is 0 Å². The van der Waals surface area contributed by atoms with Gasteiger partial charge in [-0.3, -0.25) is 23.7 Å². The molecular weight excluding hydrogens is 725 g/mol. The summed E-state index contributed by atoms with van der Waals surface area (Å²) in [5.41, 5.74) is 0.294. The van der Waals surface area contributed by atoms with E-state index in [0.29, 0.717) is 0 Å². The molecule has 0 spiro atoms. The average Bonchev–Trinajstić information content (AvgIpc) is 3.56. The fourth-order valence-electron chi connectivity index (χ4n) is 5.11. The maximum absolute atomic E-state index is 12.8. The summed E-state index contributed by atoms with van der Waals surface area (Å²) < 4.78 is 43.7. The van der Waals surface area contributed by atoms with Gasteiger partial charge in [-0.1, -0.05) is 77.5 Å². The summed E-state index contributed by atoms with van der Waals surface area (Å²) in [5.74, 6) is -1.03. The Hall–Kier alpha value is -5.83. The minimum absolute atomic E-state index is 0.0234. The molecule has 16 nitrogen and oxygen atoms in total. The van der Waals surface area contributed by atoms with Crippen molar-refractivity contribution in [2.75, 3.05) is 13.2 Å². The van der Waals surface area contributed by atoms with Gasteiger partial charge in [0.1, 0.15) is 38.3 Å². The quantitative estimate of drug-likeness (QED) is 0.0690. The smallest absolute Gasteiger partial charge is 0.508 e. The number of benzene rings is 3. The molecule has 1 fully saturated rings. The number of para-hydroxylation sites is 2. The minimum atomic E-state index is -2.77. The molecule has 0 radical (unpaired) electrons. The third-order valence-corrected chi connectivity index (χ3v) is 8.73. The summed E-state index contributed by atoms with van der Waals surface area (Å²) in [7, 11) is -2.77. The second-order valence-corrected chi connectivity index (χ2v) is 12.7. The van der Waals surface area contributed by atoms with Crippen LogP contribution in [-0.4, -0.2) is 59.1 Å². The lowest BCUT2D eigenvalue weighted by Gasteiger charge is -2.19. The molecule has 2 heterocycles. The molecular formula is C37H38N3O13P. The van der Waals surface area contributed by atoms with Gasteiger partial charge in [-0.25, -0.2) is 14.4 Å². The lowest BCUT2D eigenvalue weighted by molar-refractivity contribution is -0.169. The maximum atomic E-state index is 12.8. The number of esters is 2. The molecule has 5 atom stereocenters. The molecule has 17 heteroatoms. The van der Waals surface area contributed by atoms with Gasteiger partial charge in [0.15, 0.2) is 11.8 Å². The van der Waals surface area contributed by atoms with Crippen LogP contribution < -0.4 is 25.4 Å². The van der Waals surface area contributed by atoms with Crippen molar-refractivity contribution >= 4 is 26.3 Å². The Morgan fingerprint density at radius 1 is 0.907 bits per heavy atom. The Morgan fingerprint density at radius 3 is 2.24 bits per heavy atom. The Balaban J connectivity index is 1.13. The molecule has 1 unspecified atom stereocenters. The van der Waals surface area contributed by atoms with Crippen LogP contribution in [0.4, 0.5) is 4.79 Å². The van der Waals surface area contributed by atoms with E-state index in [1.54, 1.807) is 36.4 Å². The molecule has 5 rings (SSSR count). The van der Waals surface area contributed by atoms with E-state index in [1.807, 2.05) is 36.4 Å². The number of nitrogens with one attached hydrogen (secondary N) is 1. The van der Waals surface area contributed by atoms with Gasteiger partial charge in [-0.2, -0.15) is 0 Å². The molecule has 1 aromatic heterocycles. The number of rotatable bonds is 17. The standard InChI is InChI=1S/C37H38N3O13P/c1-25(35(43)47-20-10-17-34(42)49-22-26-11-4-2-5-12-26)39-54(46)53-29-16-9-8-15-28(29)48-24-31-30(52-37(45)50-23-27-13-6-3-7-14-27)21-33(51-31)40-19-18-32(41)38-36(40)44/h2-9,11-16,18-19,25,30-31,33H,10,17,20-24H2,1H3,(H,38,41,44)/t25-,30-,31+,33+/m0/s1. The van der Waals surface area contributed by atoms with Crippen LogP contribution in [0.5, 0.6) is 11.5 Å². The zero-order valence-corrected chi connectivity index (χ0v) is 30.0. The SMILES string of the molecule is C[C@H](N=[P+]([O-])Oc1ccccc1OC[C@H]1O[C@@H](n2ccc(=O)[nH]c2=O)C[C@@H]1OC(=O)OCc1ccccc1)C(=O)OCCCC(=O)OCc1ccccc1. The molecule has 1 aliphatic rings. The topological polar surface area (TPSA) is 206 Å². The average molecular weight is 764 g/mol. The van der Waals surface area contributed by atoms with E-state index in [1.165, 1.54) is 25.3 Å². The molecule has 4 aromatic rings. The predicted molar refractivity (Wildman–Crippen MR) is 189 cm³/mol. The van der Waals surface area contributed by atoms with Crippen LogP contribution in [0, 0.1) is 0 Å². The van der Waals surface area contributed by atoms with Crippen LogP contribution in [0.25, 0.3) is 0 Å². The van der Waals surface area contributed by atoms with E-state index in [-0.39, 0.29) is 57.2 Å². The van der Waals surface area contributed by atoms with Gasteiger partial charge < -0.3 is 33.3 Å². The Labute approximate surface area is 310 Å². The first-order chi connectivity index (χ1) is 26.1. The molecule has 1 saturated heterocycles. The molecule has 0 amide bonds. The van der Waals surface area contributed by atoms with Gasteiger partial charge in [0.05, 0.1) is 6.61 Å². The molecule has 284 valence electrons. The van der Waals surface area contributed by atoms with E-state index >= 15 is 0 Å². The summed E-state index contributed by atoms with van der Waals surface area (Å²) in [4.78, 5) is 76.2. The summed E-state index contributed by atoms with van der Waals surface area (Å²) in [5, 5.41) is 0. The molecule has 3 aromatic carbocycles. The molecule has 54 heavy (non-hydrogen) atoms. The number of aromatic nitrogens is 2. The second-order valence-electron chi connectivity index (χ2n) is 11.9. The second kappa shape index (κ2) is 19.9. The summed E-state index contributed by atoms with van der Waals surface area (Å²) >= 11 is 0. The molecule has 0 saturated carbocycles.